The van der Waals surface area contributed by atoms with Gasteiger partial charge in [-0.25, -0.2) is 0 Å². The highest BCUT2D eigenvalue weighted by molar-refractivity contribution is 8.90. The van der Waals surface area contributed by atoms with Crippen molar-refractivity contribution in [3.63, 3.8) is 0 Å². The van der Waals surface area contributed by atoms with E-state index in [0.717, 1.165) is 10.5 Å². The Morgan fingerprint density at radius 2 is 1.64 bits per heavy atom. The molecule has 3 atom stereocenters. The average molecular weight is 242 g/mol. The van der Waals surface area contributed by atoms with Crippen LogP contribution in [0.1, 0.15) is 20.3 Å². The summed E-state index contributed by atoms with van der Waals surface area (Å²) in [6.45, 7) is 4.72. The van der Waals surface area contributed by atoms with E-state index in [4.69, 9.17) is 0 Å². The van der Waals surface area contributed by atoms with Crippen LogP contribution < -0.4 is 5.30 Å². The molecule has 1 saturated heterocycles. The third kappa shape index (κ3) is 2.68. The average Bonchev–Trinajstić information content (AvgIpc) is 2.18. The van der Waals surface area contributed by atoms with Crippen molar-refractivity contribution in [1.82, 2.24) is 0 Å². The van der Waals surface area contributed by atoms with Gasteiger partial charge in [-0.2, -0.15) is 0 Å². The molecule has 0 saturated carbocycles. The van der Waals surface area contributed by atoms with Crippen LogP contribution in [0.2, 0.25) is 0 Å². The third-order valence-electron chi connectivity index (χ3n) is 2.18. The summed E-state index contributed by atoms with van der Waals surface area (Å²) in [7, 11) is 0. The molecule has 1 aromatic rings. The molecule has 0 N–H and O–H groups in total. The second-order valence-corrected chi connectivity index (χ2v) is 10.9. The van der Waals surface area contributed by atoms with E-state index in [2.05, 4.69) is 66.9 Å². The molecule has 1 heterocycles. The fourth-order valence-corrected chi connectivity index (χ4v) is 11.0. The molecule has 1 aliphatic rings. The Labute approximate surface area is 95.5 Å². The molecule has 2 rings (SSSR count). The van der Waals surface area contributed by atoms with Gasteiger partial charge in [0.05, 0.1) is 0 Å². The van der Waals surface area contributed by atoms with E-state index in [9.17, 15) is 0 Å². The molecule has 0 bridgehead atoms. The quantitative estimate of drug-likeness (QED) is 0.674. The van der Waals surface area contributed by atoms with Crippen LogP contribution in [0.5, 0.6) is 0 Å². The van der Waals surface area contributed by atoms with E-state index in [1.54, 1.807) is 0 Å². The van der Waals surface area contributed by atoms with Crippen molar-refractivity contribution in [2.75, 3.05) is 0 Å². The molecular weight excluding hydrogens is 227 g/mol. The van der Waals surface area contributed by atoms with Crippen LogP contribution in [0.15, 0.2) is 30.3 Å². The van der Waals surface area contributed by atoms with Gasteiger partial charge in [0.25, 0.3) is 0 Å². The molecule has 1 aromatic carbocycles. The van der Waals surface area contributed by atoms with Crippen LogP contribution in [0.25, 0.3) is 0 Å². The van der Waals surface area contributed by atoms with Crippen molar-refractivity contribution in [3.8, 4) is 0 Å². The van der Waals surface area contributed by atoms with E-state index in [1.165, 1.54) is 11.7 Å². The third-order valence-corrected chi connectivity index (χ3v) is 10.5. The van der Waals surface area contributed by atoms with Crippen molar-refractivity contribution in [1.29, 1.82) is 0 Å². The first kappa shape index (κ1) is 10.9. The summed E-state index contributed by atoms with van der Waals surface area (Å²) in [5.74, 6) is 0. The Balaban J connectivity index is 2.11. The van der Waals surface area contributed by atoms with Gasteiger partial charge in [0.1, 0.15) is 0 Å². The summed E-state index contributed by atoms with van der Waals surface area (Å²) in [5.41, 5.74) is 0. The summed E-state index contributed by atoms with van der Waals surface area (Å²) in [5, 5.41) is 3.20. The molecule has 1 unspecified atom stereocenters. The van der Waals surface area contributed by atoms with Gasteiger partial charge >= 0.3 is 0 Å². The topological polar surface area (TPSA) is 0 Å². The van der Waals surface area contributed by atoms with Crippen LogP contribution in [0.4, 0.5) is 0 Å². The minimum Gasteiger partial charge on any atom is -0.115 e. The highest BCUT2D eigenvalue weighted by Gasteiger charge is 2.25. The van der Waals surface area contributed by atoms with E-state index in [0.29, 0.717) is 0 Å². The van der Waals surface area contributed by atoms with Gasteiger partial charge in [0, 0.05) is 16.8 Å². The van der Waals surface area contributed by atoms with E-state index in [1.807, 2.05) is 0 Å². The second-order valence-electron chi connectivity index (χ2n) is 3.66. The van der Waals surface area contributed by atoms with Gasteiger partial charge in [-0.05, 0) is 11.7 Å². The standard InChI is InChI=1S/C11H15PS2/c1-9-8-10(2)14-12(13-9)11-6-4-3-5-7-11/h3-7,9-10H,8H2,1-2H3/t9-,10+,12?. The molecule has 1 aliphatic heterocycles. The lowest BCUT2D eigenvalue weighted by Crippen LogP contribution is -2.12. The van der Waals surface area contributed by atoms with Crippen molar-refractivity contribution in [2.24, 2.45) is 0 Å². The van der Waals surface area contributed by atoms with Crippen molar-refractivity contribution >= 4 is 34.4 Å². The summed E-state index contributed by atoms with van der Waals surface area (Å²) in [4.78, 5) is 0. The lowest BCUT2D eigenvalue weighted by atomic mass is 10.3. The summed E-state index contributed by atoms with van der Waals surface area (Å²) in [6, 6.07) is 11.0. The van der Waals surface area contributed by atoms with Crippen LogP contribution in [-0.2, 0) is 0 Å². The van der Waals surface area contributed by atoms with Gasteiger partial charge in [0.15, 0.2) is 0 Å². The molecule has 0 spiro atoms. The first-order valence-electron chi connectivity index (χ1n) is 4.94. The fraction of sp³-hybridized carbons (Fsp3) is 0.455. The minimum atomic E-state index is -0.0122. The highest BCUT2D eigenvalue weighted by Crippen LogP contribution is 2.67. The second kappa shape index (κ2) is 4.92. The molecule has 3 heteroatoms. The number of rotatable bonds is 1. The van der Waals surface area contributed by atoms with Crippen LogP contribution >= 0.6 is 29.1 Å². The maximum Gasteiger partial charge on any atom is 0.0443 e. The largest absolute Gasteiger partial charge is 0.115 e. The summed E-state index contributed by atoms with van der Waals surface area (Å²) >= 11 is 4.34. The fourth-order valence-electron chi connectivity index (χ4n) is 1.58. The Hall–Kier alpha value is 0.350. The van der Waals surface area contributed by atoms with Gasteiger partial charge in [-0.15, -0.1) is 22.8 Å². The Morgan fingerprint density at radius 3 is 2.21 bits per heavy atom. The maximum atomic E-state index is 2.36. The summed E-state index contributed by atoms with van der Waals surface area (Å²) < 4.78 is 0. The van der Waals surface area contributed by atoms with Crippen molar-refractivity contribution in [3.05, 3.63) is 30.3 Å². The van der Waals surface area contributed by atoms with Crippen LogP contribution in [-0.4, -0.2) is 10.5 Å². The van der Waals surface area contributed by atoms with E-state index >= 15 is 0 Å². The molecular formula is C11H15PS2. The molecule has 0 amide bonds. The Bertz CT molecular complexity index is 279. The lowest BCUT2D eigenvalue weighted by molar-refractivity contribution is 0.808. The minimum absolute atomic E-state index is 0.0122. The Morgan fingerprint density at radius 1 is 1.07 bits per heavy atom. The zero-order valence-electron chi connectivity index (χ0n) is 8.51. The number of benzene rings is 1. The molecule has 0 nitrogen and oxygen atoms in total. The zero-order chi connectivity index (χ0) is 9.97. The smallest absolute Gasteiger partial charge is 0.0443 e. The number of hydrogen-bond donors (Lipinski definition) is 0. The van der Waals surface area contributed by atoms with Gasteiger partial charge in [0.2, 0.25) is 0 Å². The zero-order valence-corrected chi connectivity index (χ0v) is 11.0. The van der Waals surface area contributed by atoms with E-state index in [-0.39, 0.29) is 6.33 Å². The molecule has 0 aromatic heterocycles. The lowest BCUT2D eigenvalue weighted by Gasteiger charge is -2.30. The molecule has 1 fully saturated rings. The predicted octanol–water partition coefficient (Wildman–Crippen LogP) is 4.27. The SMILES string of the molecule is C[C@@H]1C[C@H](C)SP(c2ccccc2)S1. The molecule has 0 radical (unpaired) electrons. The van der Waals surface area contributed by atoms with Crippen molar-refractivity contribution < 1.29 is 0 Å². The first-order chi connectivity index (χ1) is 6.75. The Kier molecular flexibility index (Phi) is 3.81. The van der Waals surface area contributed by atoms with Gasteiger partial charge < -0.3 is 0 Å². The van der Waals surface area contributed by atoms with Crippen LogP contribution in [0, 0.1) is 0 Å². The molecule has 0 aliphatic carbocycles. The predicted molar refractivity (Wildman–Crippen MR) is 71.7 cm³/mol. The number of hydrogen-bond acceptors (Lipinski definition) is 2. The monoisotopic (exact) mass is 242 g/mol. The summed E-state index contributed by atoms with van der Waals surface area (Å²) in [6.07, 6.45) is 1.35. The van der Waals surface area contributed by atoms with Crippen molar-refractivity contribution in [2.45, 2.75) is 30.8 Å². The molecule has 14 heavy (non-hydrogen) atoms. The normalized spacial score (nSPS) is 32.9. The highest BCUT2D eigenvalue weighted by atomic mass is 33.1. The van der Waals surface area contributed by atoms with E-state index < -0.39 is 0 Å². The van der Waals surface area contributed by atoms with Gasteiger partial charge in [-0.1, -0.05) is 44.2 Å². The maximum absolute atomic E-state index is 2.36. The van der Waals surface area contributed by atoms with Gasteiger partial charge in [-0.3, -0.25) is 0 Å². The molecule has 76 valence electrons. The van der Waals surface area contributed by atoms with Crippen LogP contribution in [0.3, 0.4) is 0 Å². The first-order valence-corrected chi connectivity index (χ1v) is 9.25.